The summed E-state index contributed by atoms with van der Waals surface area (Å²) in [6.07, 6.45) is 0. The standard InChI is InChI=1S/C24H25GeN/c1-3-26(4-2)21-20-25(22-14-8-5-9-15-22,23-16-10-6-11-17-23)24-18-12-7-13-19-24/h5-19H,3-4H2,1-2H3. The molecule has 0 N–H and O–H groups in total. The Kier molecular flexibility index (Phi) is 6.20. The van der Waals surface area contributed by atoms with Gasteiger partial charge in [0.25, 0.3) is 0 Å². The van der Waals surface area contributed by atoms with Gasteiger partial charge >= 0.3 is 160 Å². The summed E-state index contributed by atoms with van der Waals surface area (Å²) in [5.41, 5.74) is 0. The molecular formula is C24H25GeN. The fraction of sp³-hybridized carbons (Fsp3) is 0.167. The second kappa shape index (κ2) is 8.78. The van der Waals surface area contributed by atoms with Gasteiger partial charge in [0.2, 0.25) is 0 Å². The molecule has 0 aliphatic rings. The molecule has 0 bridgehead atoms. The van der Waals surface area contributed by atoms with Crippen LogP contribution in [0.3, 0.4) is 0 Å². The zero-order valence-electron chi connectivity index (χ0n) is 15.5. The summed E-state index contributed by atoms with van der Waals surface area (Å²) in [5.74, 6) is 0. The molecule has 3 aromatic rings. The number of hydrogen-bond acceptors (Lipinski definition) is 1. The molecule has 0 fully saturated rings. The maximum atomic E-state index is 3.85. The minimum atomic E-state index is -3.10. The minimum absolute atomic E-state index is 0.945. The number of nitrogens with zero attached hydrogens (tertiary/aromatic N) is 1. The molecule has 0 aliphatic heterocycles. The van der Waals surface area contributed by atoms with E-state index in [0.29, 0.717) is 0 Å². The quantitative estimate of drug-likeness (QED) is 0.362. The van der Waals surface area contributed by atoms with E-state index < -0.39 is 13.3 Å². The summed E-state index contributed by atoms with van der Waals surface area (Å²) in [5, 5.41) is 0. The number of benzene rings is 3. The summed E-state index contributed by atoms with van der Waals surface area (Å²) in [4.78, 5) is 2.20. The molecule has 3 aromatic carbocycles. The van der Waals surface area contributed by atoms with Crippen LogP contribution in [0.15, 0.2) is 91.0 Å². The molecule has 0 amide bonds. The summed E-state index contributed by atoms with van der Waals surface area (Å²) < 4.78 is 7.99. The van der Waals surface area contributed by atoms with Crippen molar-refractivity contribution in [3.63, 3.8) is 0 Å². The first-order valence-electron chi connectivity index (χ1n) is 9.25. The Morgan fingerprint density at radius 3 is 1.27 bits per heavy atom. The van der Waals surface area contributed by atoms with Crippen molar-refractivity contribution in [3.8, 4) is 10.8 Å². The average molecular weight is 400 g/mol. The van der Waals surface area contributed by atoms with Gasteiger partial charge in [-0.05, 0) is 0 Å². The van der Waals surface area contributed by atoms with E-state index in [-0.39, 0.29) is 0 Å². The van der Waals surface area contributed by atoms with Crippen molar-refractivity contribution in [3.05, 3.63) is 91.0 Å². The Bertz CT molecular complexity index is 763. The molecule has 0 radical (unpaired) electrons. The summed E-state index contributed by atoms with van der Waals surface area (Å²) in [6.45, 7) is 6.22. The third-order valence-electron chi connectivity index (χ3n) is 4.79. The van der Waals surface area contributed by atoms with Gasteiger partial charge in [-0.15, -0.1) is 0 Å². The molecule has 0 aliphatic carbocycles. The van der Waals surface area contributed by atoms with E-state index in [1.165, 1.54) is 13.2 Å². The van der Waals surface area contributed by atoms with Gasteiger partial charge in [0.05, 0.1) is 0 Å². The van der Waals surface area contributed by atoms with Gasteiger partial charge in [-0.25, -0.2) is 0 Å². The molecule has 0 unspecified atom stereocenters. The van der Waals surface area contributed by atoms with Gasteiger partial charge in [0.15, 0.2) is 0 Å². The molecule has 2 heteroatoms. The molecule has 26 heavy (non-hydrogen) atoms. The zero-order chi connectivity index (χ0) is 18.2. The fourth-order valence-electron chi connectivity index (χ4n) is 3.33. The first-order valence-corrected chi connectivity index (χ1v) is 13.4. The molecule has 0 spiro atoms. The molecular weight excluding hydrogens is 375 g/mol. The fourth-order valence-corrected chi connectivity index (χ4v) is 11.4. The van der Waals surface area contributed by atoms with Gasteiger partial charge in [-0.3, -0.25) is 0 Å². The zero-order valence-corrected chi connectivity index (χ0v) is 17.6. The van der Waals surface area contributed by atoms with Crippen molar-refractivity contribution >= 4 is 26.5 Å². The first-order chi connectivity index (χ1) is 12.8. The molecule has 0 saturated carbocycles. The normalized spacial score (nSPS) is 10.7. The van der Waals surface area contributed by atoms with E-state index in [9.17, 15) is 0 Å². The Morgan fingerprint density at radius 1 is 0.615 bits per heavy atom. The van der Waals surface area contributed by atoms with Gasteiger partial charge in [0, 0.05) is 0 Å². The Hall–Kier alpha value is -2.44. The van der Waals surface area contributed by atoms with Crippen LogP contribution >= 0.6 is 0 Å². The van der Waals surface area contributed by atoms with Crippen molar-refractivity contribution in [2.45, 2.75) is 13.8 Å². The van der Waals surface area contributed by atoms with Crippen LogP contribution in [0, 0.1) is 10.8 Å². The van der Waals surface area contributed by atoms with E-state index in [1.54, 1.807) is 0 Å². The summed E-state index contributed by atoms with van der Waals surface area (Å²) >= 11 is -3.10. The van der Waals surface area contributed by atoms with Crippen LogP contribution in [0.2, 0.25) is 0 Å². The van der Waals surface area contributed by atoms with Crippen LogP contribution in [0.5, 0.6) is 0 Å². The van der Waals surface area contributed by atoms with Crippen molar-refractivity contribution < 1.29 is 0 Å². The summed E-state index contributed by atoms with van der Waals surface area (Å²) in [6, 6.07) is 36.2. The predicted octanol–water partition coefficient (Wildman–Crippen LogP) is 3.00. The van der Waals surface area contributed by atoms with E-state index in [1.807, 2.05) is 0 Å². The van der Waals surface area contributed by atoms with Crippen LogP contribution < -0.4 is 13.2 Å². The van der Waals surface area contributed by atoms with Gasteiger partial charge in [-0.1, -0.05) is 0 Å². The Morgan fingerprint density at radius 2 is 0.962 bits per heavy atom. The first kappa shape index (κ1) is 18.4. The molecule has 1 nitrogen and oxygen atoms in total. The van der Waals surface area contributed by atoms with Crippen LogP contribution in [-0.4, -0.2) is 31.3 Å². The second-order valence-electron chi connectivity index (χ2n) is 6.26. The van der Waals surface area contributed by atoms with Crippen molar-refractivity contribution in [1.82, 2.24) is 4.90 Å². The SMILES string of the molecule is CCN(C#[C][Ge]([c]1ccccc1)([c]1ccccc1)[c]1ccccc1)CC. The predicted molar refractivity (Wildman–Crippen MR) is 115 cm³/mol. The van der Waals surface area contributed by atoms with E-state index in [2.05, 4.69) is 121 Å². The average Bonchev–Trinajstić information content (AvgIpc) is 2.74. The molecule has 0 aromatic heterocycles. The van der Waals surface area contributed by atoms with Crippen LogP contribution in [0.1, 0.15) is 13.8 Å². The maximum absolute atomic E-state index is 3.85. The van der Waals surface area contributed by atoms with Gasteiger partial charge in [0.1, 0.15) is 0 Å². The van der Waals surface area contributed by atoms with Crippen LogP contribution in [0.4, 0.5) is 0 Å². The third kappa shape index (κ3) is 3.71. The van der Waals surface area contributed by atoms with Crippen molar-refractivity contribution in [2.24, 2.45) is 0 Å². The van der Waals surface area contributed by atoms with Crippen molar-refractivity contribution in [1.29, 1.82) is 0 Å². The Labute approximate surface area is 160 Å². The van der Waals surface area contributed by atoms with Crippen LogP contribution in [0.25, 0.3) is 0 Å². The molecule has 0 saturated heterocycles. The summed E-state index contributed by atoms with van der Waals surface area (Å²) in [7, 11) is 0. The third-order valence-corrected chi connectivity index (χ3v) is 13.4. The van der Waals surface area contributed by atoms with Crippen molar-refractivity contribution in [2.75, 3.05) is 13.1 Å². The monoisotopic (exact) mass is 401 g/mol. The van der Waals surface area contributed by atoms with Gasteiger partial charge in [-0.2, -0.15) is 0 Å². The van der Waals surface area contributed by atoms with Crippen LogP contribution in [-0.2, 0) is 0 Å². The molecule has 0 heterocycles. The van der Waals surface area contributed by atoms with E-state index in [0.717, 1.165) is 13.1 Å². The Balaban J connectivity index is 2.32. The second-order valence-corrected chi connectivity index (χ2v) is 13.6. The van der Waals surface area contributed by atoms with E-state index in [4.69, 9.17) is 0 Å². The topological polar surface area (TPSA) is 3.24 Å². The molecule has 0 atom stereocenters. The number of rotatable bonds is 5. The molecule has 3 rings (SSSR count). The number of hydrogen-bond donors (Lipinski definition) is 0. The molecule has 130 valence electrons. The van der Waals surface area contributed by atoms with E-state index >= 15 is 0 Å². The van der Waals surface area contributed by atoms with Gasteiger partial charge < -0.3 is 0 Å².